The average molecular weight is 289 g/mol. The molecule has 0 aliphatic heterocycles. The maximum absolute atomic E-state index is 8.81. The molecule has 0 unspecified atom stereocenters. The molecule has 3 heteroatoms. The normalized spacial score (nSPS) is 10.9. The van der Waals surface area contributed by atoms with Crippen molar-refractivity contribution in [3.05, 3.63) is 29.3 Å². The maximum atomic E-state index is 8.81. The minimum absolute atomic E-state index is 0.118. The predicted octanol–water partition coefficient (Wildman–Crippen LogP) is 2.91. The number of aliphatic hydroxyl groups excluding tert-OH is 1. The molecule has 1 rings (SSSR count). The number of methoxy groups -OCH3 is 1. The van der Waals surface area contributed by atoms with Crippen molar-refractivity contribution < 1.29 is 9.84 Å². The molecule has 1 N–H and O–H groups in total. The Morgan fingerprint density at radius 3 is 2.48 bits per heavy atom. The van der Waals surface area contributed by atoms with Gasteiger partial charge in [0.2, 0.25) is 0 Å². The summed E-state index contributed by atoms with van der Waals surface area (Å²) in [5.74, 6) is 7.15. The molecule has 116 valence electrons. The molecule has 0 fully saturated rings. The number of rotatable bonds is 6. The first-order chi connectivity index (χ1) is 9.97. The van der Waals surface area contributed by atoms with E-state index in [1.54, 1.807) is 7.11 Å². The third kappa shape index (κ3) is 5.79. The van der Waals surface area contributed by atoms with E-state index in [9.17, 15) is 0 Å². The monoisotopic (exact) mass is 289 g/mol. The second-order valence-electron chi connectivity index (χ2n) is 5.90. The summed E-state index contributed by atoms with van der Waals surface area (Å²) in [7, 11) is 1.69. The highest BCUT2D eigenvalue weighted by Gasteiger charge is 2.14. The molecule has 3 nitrogen and oxygen atoms in total. The van der Waals surface area contributed by atoms with Crippen LogP contribution in [0.2, 0.25) is 0 Å². The van der Waals surface area contributed by atoms with Gasteiger partial charge in [-0.05, 0) is 38.0 Å². The first kappa shape index (κ1) is 17.6. The minimum atomic E-state index is -0.118. The molecule has 0 saturated heterocycles. The molecular formula is C18H27NO2. The SMILES string of the molecule is COc1ccc(C#CCO)cc1CN(CC(C)C)C(C)C. The van der Waals surface area contributed by atoms with Crippen LogP contribution >= 0.6 is 0 Å². The molecule has 1 aromatic rings. The van der Waals surface area contributed by atoms with Crippen molar-refractivity contribution in [3.63, 3.8) is 0 Å². The third-order valence-corrected chi connectivity index (χ3v) is 3.30. The van der Waals surface area contributed by atoms with Crippen molar-refractivity contribution in [1.29, 1.82) is 0 Å². The minimum Gasteiger partial charge on any atom is -0.496 e. The van der Waals surface area contributed by atoms with Gasteiger partial charge in [0, 0.05) is 30.3 Å². The highest BCUT2D eigenvalue weighted by atomic mass is 16.5. The summed E-state index contributed by atoms with van der Waals surface area (Å²) in [6, 6.07) is 6.40. The summed E-state index contributed by atoms with van der Waals surface area (Å²) in [6.45, 7) is 10.7. The van der Waals surface area contributed by atoms with Gasteiger partial charge in [0.15, 0.2) is 0 Å². The lowest BCUT2D eigenvalue weighted by molar-refractivity contribution is 0.187. The molecule has 1 aromatic carbocycles. The van der Waals surface area contributed by atoms with E-state index in [0.717, 1.165) is 30.0 Å². The Morgan fingerprint density at radius 2 is 1.95 bits per heavy atom. The smallest absolute Gasteiger partial charge is 0.123 e. The average Bonchev–Trinajstić information content (AvgIpc) is 2.44. The van der Waals surface area contributed by atoms with Crippen molar-refractivity contribution in [2.75, 3.05) is 20.3 Å². The third-order valence-electron chi connectivity index (χ3n) is 3.30. The van der Waals surface area contributed by atoms with Crippen LogP contribution in [-0.4, -0.2) is 36.3 Å². The molecule has 0 aliphatic rings. The van der Waals surface area contributed by atoms with E-state index in [1.165, 1.54) is 0 Å². The molecule has 0 atom stereocenters. The van der Waals surface area contributed by atoms with Crippen LogP contribution in [0, 0.1) is 17.8 Å². The molecule has 0 radical (unpaired) electrons. The Bertz CT molecular complexity index is 498. The van der Waals surface area contributed by atoms with Gasteiger partial charge < -0.3 is 9.84 Å². The van der Waals surface area contributed by atoms with E-state index >= 15 is 0 Å². The zero-order valence-corrected chi connectivity index (χ0v) is 13.8. The number of hydrogen-bond acceptors (Lipinski definition) is 3. The first-order valence-electron chi connectivity index (χ1n) is 7.48. The number of benzene rings is 1. The highest BCUT2D eigenvalue weighted by molar-refractivity contribution is 5.44. The summed E-state index contributed by atoms with van der Waals surface area (Å²) in [4.78, 5) is 2.44. The maximum Gasteiger partial charge on any atom is 0.123 e. The van der Waals surface area contributed by atoms with Crippen LogP contribution < -0.4 is 4.74 Å². The molecule has 0 spiro atoms. The quantitative estimate of drug-likeness (QED) is 0.817. The molecule has 21 heavy (non-hydrogen) atoms. The van der Waals surface area contributed by atoms with Gasteiger partial charge in [-0.1, -0.05) is 25.7 Å². The molecular weight excluding hydrogens is 262 g/mol. The molecule has 0 heterocycles. The summed E-state index contributed by atoms with van der Waals surface area (Å²) in [6.07, 6.45) is 0. The van der Waals surface area contributed by atoms with Gasteiger partial charge in [0.1, 0.15) is 12.4 Å². The van der Waals surface area contributed by atoms with Crippen molar-refractivity contribution in [2.45, 2.75) is 40.3 Å². The Hall–Kier alpha value is -1.50. The van der Waals surface area contributed by atoms with Crippen LogP contribution in [-0.2, 0) is 6.54 Å². The zero-order chi connectivity index (χ0) is 15.8. The number of aliphatic hydroxyl groups is 1. The van der Waals surface area contributed by atoms with E-state index in [4.69, 9.17) is 9.84 Å². The molecule has 0 aliphatic carbocycles. The largest absolute Gasteiger partial charge is 0.496 e. The topological polar surface area (TPSA) is 32.7 Å². The van der Waals surface area contributed by atoms with Crippen molar-refractivity contribution in [1.82, 2.24) is 4.90 Å². The summed E-state index contributed by atoms with van der Waals surface area (Å²) in [5, 5.41) is 8.81. The summed E-state index contributed by atoms with van der Waals surface area (Å²) >= 11 is 0. The van der Waals surface area contributed by atoms with E-state index < -0.39 is 0 Å². The second-order valence-corrected chi connectivity index (χ2v) is 5.90. The Kier molecular flexibility index (Phi) is 7.28. The van der Waals surface area contributed by atoms with Crippen molar-refractivity contribution in [2.24, 2.45) is 5.92 Å². The molecule has 0 aromatic heterocycles. The van der Waals surface area contributed by atoms with E-state index in [-0.39, 0.29) is 6.61 Å². The van der Waals surface area contributed by atoms with Crippen LogP contribution in [0.1, 0.15) is 38.8 Å². The van der Waals surface area contributed by atoms with Crippen molar-refractivity contribution in [3.8, 4) is 17.6 Å². The number of ether oxygens (including phenoxy) is 1. The van der Waals surface area contributed by atoms with Gasteiger partial charge in [-0.3, -0.25) is 4.90 Å². The van der Waals surface area contributed by atoms with Gasteiger partial charge in [0.25, 0.3) is 0 Å². The van der Waals surface area contributed by atoms with Gasteiger partial charge in [-0.2, -0.15) is 0 Å². The van der Waals surface area contributed by atoms with E-state index in [1.807, 2.05) is 12.1 Å². The lowest BCUT2D eigenvalue weighted by Gasteiger charge is -2.29. The fourth-order valence-corrected chi connectivity index (χ4v) is 2.27. The predicted molar refractivity (Wildman–Crippen MR) is 87.3 cm³/mol. The van der Waals surface area contributed by atoms with Crippen LogP contribution in [0.15, 0.2) is 18.2 Å². The zero-order valence-electron chi connectivity index (χ0n) is 13.8. The van der Waals surface area contributed by atoms with E-state index in [2.05, 4.69) is 50.5 Å². The van der Waals surface area contributed by atoms with Gasteiger partial charge in [0.05, 0.1) is 7.11 Å². The Labute approximate surface area is 128 Å². The van der Waals surface area contributed by atoms with Gasteiger partial charge in [-0.25, -0.2) is 0 Å². The van der Waals surface area contributed by atoms with Crippen LogP contribution in [0.5, 0.6) is 5.75 Å². The first-order valence-corrected chi connectivity index (χ1v) is 7.48. The molecule has 0 saturated carbocycles. The number of hydrogen-bond donors (Lipinski definition) is 1. The molecule has 0 bridgehead atoms. The highest BCUT2D eigenvalue weighted by Crippen LogP contribution is 2.22. The van der Waals surface area contributed by atoms with Crippen LogP contribution in [0.3, 0.4) is 0 Å². The molecule has 0 amide bonds. The fourth-order valence-electron chi connectivity index (χ4n) is 2.27. The summed E-state index contributed by atoms with van der Waals surface area (Å²) in [5.41, 5.74) is 2.05. The standard InChI is InChI=1S/C18H27NO2/c1-14(2)12-19(15(3)4)13-17-11-16(7-6-10-20)8-9-18(17)21-5/h8-9,11,14-15,20H,10,12-13H2,1-5H3. The van der Waals surface area contributed by atoms with Crippen LogP contribution in [0.4, 0.5) is 0 Å². The van der Waals surface area contributed by atoms with Gasteiger partial charge in [-0.15, -0.1) is 0 Å². The van der Waals surface area contributed by atoms with Gasteiger partial charge >= 0.3 is 0 Å². The van der Waals surface area contributed by atoms with Crippen LogP contribution in [0.25, 0.3) is 0 Å². The lowest BCUT2D eigenvalue weighted by Crippen LogP contribution is -2.33. The lowest BCUT2D eigenvalue weighted by atomic mass is 10.1. The second kappa shape index (κ2) is 8.71. The fraction of sp³-hybridized carbons (Fsp3) is 0.556. The number of nitrogens with zero attached hydrogens (tertiary/aromatic N) is 1. The Morgan fingerprint density at radius 1 is 1.24 bits per heavy atom. The summed E-state index contributed by atoms with van der Waals surface area (Å²) < 4.78 is 5.47. The van der Waals surface area contributed by atoms with Crippen molar-refractivity contribution >= 4 is 0 Å². The van der Waals surface area contributed by atoms with E-state index in [0.29, 0.717) is 12.0 Å². The Balaban J connectivity index is 3.02.